The van der Waals surface area contributed by atoms with Crippen LogP contribution in [-0.2, 0) is 6.54 Å². The van der Waals surface area contributed by atoms with Crippen LogP contribution in [0.1, 0.15) is 5.56 Å². The highest BCUT2D eigenvalue weighted by Crippen LogP contribution is 2.22. The Morgan fingerprint density at radius 2 is 1.95 bits per heavy atom. The van der Waals surface area contributed by atoms with Gasteiger partial charge in [-0.1, -0.05) is 29.8 Å². The van der Waals surface area contributed by atoms with Crippen molar-refractivity contribution in [2.24, 2.45) is 0 Å². The minimum atomic E-state index is -0.274. The molecule has 102 valence electrons. The van der Waals surface area contributed by atoms with Crippen molar-refractivity contribution in [3.8, 4) is 0 Å². The molecule has 0 spiro atoms. The lowest BCUT2D eigenvalue weighted by Crippen LogP contribution is -2.06. The third-order valence-electron chi connectivity index (χ3n) is 2.84. The summed E-state index contributed by atoms with van der Waals surface area (Å²) in [7, 11) is 0. The van der Waals surface area contributed by atoms with Gasteiger partial charge in [-0.05, 0) is 29.8 Å². The maximum Gasteiger partial charge on any atom is 0.243 e. The third kappa shape index (κ3) is 2.42. The Hall–Kier alpha value is -1.85. The van der Waals surface area contributed by atoms with Crippen molar-refractivity contribution in [3.63, 3.8) is 0 Å². The molecule has 2 aromatic heterocycles. The van der Waals surface area contributed by atoms with Crippen LogP contribution in [-0.4, -0.2) is 14.6 Å². The van der Waals surface area contributed by atoms with Crippen molar-refractivity contribution in [1.82, 2.24) is 14.6 Å². The number of anilines is 1. The van der Waals surface area contributed by atoms with Gasteiger partial charge in [0.05, 0.1) is 0 Å². The fourth-order valence-electron chi connectivity index (χ4n) is 1.89. The number of halogens is 3. The molecule has 0 radical (unpaired) electrons. The van der Waals surface area contributed by atoms with Gasteiger partial charge in [0.2, 0.25) is 5.28 Å². The second kappa shape index (κ2) is 5.26. The van der Waals surface area contributed by atoms with Crippen LogP contribution in [0, 0.1) is 5.82 Å². The molecular weight excluding hydrogens is 302 g/mol. The van der Waals surface area contributed by atoms with Gasteiger partial charge in [-0.25, -0.2) is 8.91 Å². The molecule has 0 aliphatic heterocycles. The summed E-state index contributed by atoms with van der Waals surface area (Å²) in [5.41, 5.74) is 1.22. The number of fused-ring (bicyclic) bond motifs is 1. The lowest BCUT2D eigenvalue weighted by molar-refractivity contribution is 0.613. The molecule has 1 N–H and O–H groups in total. The van der Waals surface area contributed by atoms with Gasteiger partial charge in [-0.3, -0.25) is 0 Å². The van der Waals surface area contributed by atoms with Gasteiger partial charge in [0.15, 0.2) is 5.82 Å². The maximum atomic E-state index is 13.6. The molecular formula is C13H9Cl2FN4. The Bertz CT molecular complexity index is 772. The van der Waals surface area contributed by atoms with Gasteiger partial charge in [0.25, 0.3) is 0 Å². The van der Waals surface area contributed by atoms with Crippen LogP contribution in [0.3, 0.4) is 0 Å². The van der Waals surface area contributed by atoms with Gasteiger partial charge in [0, 0.05) is 12.1 Å². The highest BCUT2D eigenvalue weighted by Gasteiger charge is 2.10. The molecule has 0 saturated heterocycles. The molecule has 4 nitrogen and oxygen atoms in total. The molecule has 20 heavy (non-hydrogen) atoms. The van der Waals surface area contributed by atoms with Crippen molar-refractivity contribution in [1.29, 1.82) is 0 Å². The topological polar surface area (TPSA) is 42.2 Å². The van der Waals surface area contributed by atoms with E-state index in [4.69, 9.17) is 23.2 Å². The molecule has 0 saturated carbocycles. The van der Waals surface area contributed by atoms with Gasteiger partial charge < -0.3 is 5.32 Å². The van der Waals surface area contributed by atoms with E-state index in [0.717, 1.165) is 0 Å². The van der Waals surface area contributed by atoms with Crippen LogP contribution in [0.5, 0.6) is 0 Å². The normalized spacial score (nSPS) is 10.9. The van der Waals surface area contributed by atoms with Gasteiger partial charge >= 0.3 is 0 Å². The molecule has 3 rings (SSSR count). The predicted molar refractivity (Wildman–Crippen MR) is 76.7 cm³/mol. The zero-order chi connectivity index (χ0) is 14.1. The van der Waals surface area contributed by atoms with Crippen LogP contribution >= 0.6 is 23.2 Å². The minimum absolute atomic E-state index is 0.0617. The van der Waals surface area contributed by atoms with E-state index in [2.05, 4.69) is 15.4 Å². The standard InChI is InChI=1S/C13H9Cl2FN4/c14-11-6-5-10-12(18-13(15)19-20(10)11)17-7-8-3-1-2-4-9(8)16/h1-6H,7H2,(H,17,18,19). The van der Waals surface area contributed by atoms with Crippen LogP contribution in [0.2, 0.25) is 10.4 Å². The maximum absolute atomic E-state index is 13.6. The fraction of sp³-hybridized carbons (Fsp3) is 0.0769. The molecule has 0 unspecified atom stereocenters. The van der Waals surface area contributed by atoms with E-state index in [0.29, 0.717) is 28.6 Å². The summed E-state index contributed by atoms with van der Waals surface area (Å²) in [6.45, 7) is 0.290. The summed E-state index contributed by atoms with van der Waals surface area (Å²) in [4.78, 5) is 4.10. The second-order valence-corrected chi connectivity index (χ2v) is 4.85. The zero-order valence-corrected chi connectivity index (χ0v) is 11.7. The first-order valence-electron chi connectivity index (χ1n) is 5.83. The van der Waals surface area contributed by atoms with Crippen LogP contribution in [0.4, 0.5) is 10.2 Å². The molecule has 0 aliphatic carbocycles. The summed E-state index contributed by atoms with van der Waals surface area (Å²) in [5.74, 6) is 0.227. The van der Waals surface area contributed by atoms with E-state index in [1.807, 2.05) is 0 Å². The Balaban J connectivity index is 1.93. The number of nitrogens with one attached hydrogen (secondary N) is 1. The Morgan fingerprint density at radius 3 is 2.75 bits per heavy atom. The Labute approximate surface area is 124 Å². The van der Waals surface area contributed by atoms with Crippen molar-refractivity contribution in [2.75, 3.05) is 5.32 Å². The molecule has 0 bridgehead atoms. The summed E-state index contributed by atoms with van der Waals surface area (Å²) < 4.78 is 15.0. The summed E-state index contributed by atoms with van der Waals surface area (Å²) >= 11 is 11.8. The average molecular weight is 311 g/mol. The number of hydrogen-bond acceptors (Lipinski definition) is 3. The molecule has 2 heterocycles. The van der Waals surface area contributed by atoms with Crippen molar-refractivity contribution >= 4 is 34.5 Å². The van der Waals surface area contributed by atoms with E-state index < -0.39 is 0 Å². The minimum Gasteiger partial charge on any atom is -0.364 e. The molecule has 0 aliphatic rings. The zero-order valence-electron chi connectivity index (χ0n) is 10.1. The number of hydrogen-bond donors (Lipinski definition) is 1. The van der Waals surface area contributed by atoms with Crippen LogP contribution in [0.25, 0.3) is 5.52 Å². The highest BCUT2D eigenvalue weighted by atomic mass is 35.5. The van der Waals surface area contributed by atoms with Crippen molar-refractivity contribution < 1.29 is 4.39 Å². The molecule has 1 aromatic carbocycles. The van der Waals surface area contributed by atoms with Gasteiger partial charge in [-0.15, -0.1) is 5.10 Å². The molecule has 7 heteroatoms. The van der Waals surface area contributed by atoms with E-state index in [1.165, 1.54) is 10.6 Å². The monoisotopic (exact) mass is 310 g/mol. The Morgan fingerprint density at radius 1 is 1.15 bits per heavy atom. The summed E-state index contributed by atoms with van der Waals surface area (Å²) in [6, 6.07) is 9.99. The third-order valence-corrected chi connectivity index (χ3v) is 3.29. The number of nitrogens with zero attached hydrogens (tertiary/aromatic N) is 3. The van der Waals surface area contributed by atoms with Gasteiger partial charge in [0.1, 0.15) is 16.5 Å². The summed E-state index contributed by atoms with van der Waals surface area (Å²) in [6.07, 6.45) is 0. The quantitative estimate of drug-likeness (QED) is 0.800. The first-order chi connectivity index (χ1) is 9.65. The largest absolute Gasteiger partial charge is 0.364 e. The average Bonchev–Trinajstić information content (AvgIpc) is 2.79. The first-order valence-corrected chi connectivity index (χ1v) is 6.59. The number of benzene rings is 1. The fourth-order valence-corrected chi connectivity index (χ4v) is 2.24. The lowest BCUT2D eigenvalue weighted by atomic mass is 10.2. The van der Waals surface area contributed by atoms with Crippen molar-refractivity contribution in [3.05, 3.63) is 58.2 Å². The van der Waals surface area contributed by atoms with E-state index in [9.17, 15) is 4.39 Å². The van der Waals surface area contributed by atoms with Gasteiger partial charge in [-0.2, -0.15) is 4.98 Å². The van der Waals surface area contributed by atoms with E-state index in [1.54, 1.807) is 30.3 Å². The lowest BCUT2D eigenvalue weighted by Gasteiger charge is -2.08. The first kappa shape index (κ1) is 13.1. The Kier molecular flexibility index (Phi) is 3.46. The van der Waals surface area contributed by atoms with Crippen LogP contribution in [0.15, 0.2) is 36.4 Å². The highest BCUT2D eigenvalue weighted by molar-refractivity contribution is 6.30. The smallest absolute Gasteiger partial charge is 0.243 e. The molecule has 0 amide bonds. The molecule has 3 aromatic rings. The summed E-state index contributed by atoms with van der Waals surface area (Å²) in [5, 5.41) is 7.53. The number of rotatable bonds is 3. The van der Waals surface area contributed by atoms with E-state index in [-0.39, 0.29) is 11.1 Å². The van der Waals surface area contributed by atoms with Crippen molar-refractivity contribution in [2.45, 2.75) is 6.54 Å². The predicted octanol–water partition coefficient (Wildman–Crippen LogP) is 3.79. The number of aromatic nitrogens is 3. The second-order valence-electron chi connectivity index (χ2n) is 4.13. The molecule has 0 fully saturated rings. The molecule has 0 atom stereocenters. The SMILES string of the molecule is Fc1ccccc1CNc1nc(Cl)nn2c(Cl)ccc12. The van der Waals surface area contributed by atoms with E-state index >= 15 is 0 Å². The van der Waals surface area contributed by atoms with Crippen LogP contribution < -0.4 is 5.32 Å².